The molecule has 3 heteroatoms. The molecule has 0 N–H and O–H groups in total. The number of hydrogen-bond acceptors (Lipinski definition) is 2. The summed E-state index contributed by atoms with van der Waals surface area (Å²) < 4.78 is 0. The third-order valence-electron chi connectivity index (χ3n) is 26.5. The highest BCUT2D eigenvalue weighted by Crippen LogP contribution is 2.68. The summed E-state index contributed by atoms with van der Waals surface area (Å²) in [7, 11) is 0. The molecular formula is C110H101BN2. The predicted octanol–water partition coefficient (Wildman–Crippen LogP) is 27.2. The maximum atomic E-state index is 2.81. The average molecular weight is 1460 g/mol. The summed E-state index contributed by atoms with van der Waals surface area (Å²) in [5, 5.41) is 0. The lowest BCUT2D eigenvalue weighted by Gasteiger charge is -2.46. The van der Waals surface area contributed by atoms with Crippen LogP contribution in [0.2, 0.25) is 0 Å². The van der Waals surface area contributed by atoms with Crippen molar-refractivity contribution in [1.29, 1.82) is 0 Å². The average Bonchev–Trinajstić information content (AvgIpc) is 1.53. The Morgan fingerprint density at radius 3 is 0.708 bits per heavy atom. The van der Waals surface area contributed by atoms with Gasteiger partial charge in [-0.2, -0.15) is 0 Å². The number of hydrogen-bond donors (Lipinski definition) is 0. The summed E-state index contributed by atoms with van der Waals surface area (Å²) in [6, 6.07) is 114. The fourth-order valence-electron chi connectivity index (χ4n) is 20.7. The minimum Gasteiger partial charge on any atom is -0.311 e. The lowest BCUT2D eigenvalue weighted by molar-refractivity contribution is 0.568. The van der Waals surface area contributed by atoms with E-state index in [1.54, 1.807) is 0 Å². The van der Waals surface area contributed by atoms with E-state index in [9.17, 15) is 0 Å². The second-order valence-corrected chi connectivity index (χ2v) is 39.6. The Balaban J connectivity index is 0.976. The van der Waals surface area contributed by atoms with E-state index in [-0.39, 0.29) is 39.2 Å². The van der Waals surface area contributed by atoms with Gasteiger partial charge >= 0.3 is 0 Å². The Kier molecular flexibility index (Phi) is 15.1. The molecule has 2 heterocycles. The van der Waals surface area contributed by atoms with Crippen LogP contribution in [-0.2, 0) is 43.3 Å². The topological polar surface area (TPSA) is 6.48 Å². The van der Waals surface area contributed by atoms with Gasteiger partial charge in [0.05, 0.1) is 22.2 Å². The Morgan fingerprint density at radius 1 is 0.204 bits per heavy atom. The van der Waals surface area contributed by atoms with Gasteiger partial charge in [-0.25, -0.2) is 0 Å². The van der Waals surface area contributed by atoms with Crippen LogP contribution < -0.4 is 26.2 Å². The fraction of sp³-hybridized carbons (Fsp3) is 0.236. The van der Waals surface area contributed by atoms with Crippen molar-refractivity contribution in [3.05, 3.63) is 363 Å². The molecule has 0 fully saturated rings. The van der Waals surface area contributed by atoms with Crippen molar-refractivity contribution in [2.75, 3.05) is 9.80 Å². The Labute approximate surface area is 671 Å². The van der Waals surface area contributed by atoms with Gasteiger partial charge in [-0.05, 0) is 230 Å². The molecule has 0 unspecified atom stereocenters. The molecule has 14 aromatic carbocycles. The van der Waals surface area contributed by atoms with Crippen molar-refractivity contribution in [3.8, 4) is 77.9 Å². The molecule has 113 heavy (non-hydrogen) atoms. The molecule has 14 aromatic rings. The molecule has 554 valence electrons. The molecule has 0 aromatic heterocycles. The van der Waals surface area contributed by atoms with Crippen LogP contribution in [0.15, 0.2) is 285 Å². The van der Waals surface area contributed by atoms with Crippen LogP contribution in [0.1, 0.15) is 203 Å². The van der Waals surface area contributed by atoms with Crippen LogP contribution in [-0.4, -0.2) is 6.71 Å². The van der Waals surface area contributed by atoms with E-state index in [0.29, 0.717) is 0 Å². The first-order valence-electron chi connectivity index (χ1n) is 41.2. The molecule has 4 aliphatic carbocycles. The second kappa shape index (κ2) is 24.1. The highest BCUT2D eigenvalue weighted by atomic mass is 15.2. The maximum Gasteiger partial charge on any atom is 0.252 e. The number of fused-ring (bicyclic) bond motifs is 24. The highest BCUT2D eigenvalue weighted by Gasteiger charge is 2.57. The third kappa shape index (κ3) is 10.3. The van der Waals surface area contributed by atoms with Crippen LogP contribution in [0.25, 0.3) is 77.9 Å². The van der Waals surface area contributed by atoms with E-state index in [0.717, 1.165) is 0 Å². The van der Waals surface area contributed by atoms with E-state index >= 15 is 0 Å². The van der Waals surface area contributed by atoms with Gasteiger partial charge in [-0.15, -0.1) is 0 Å². The van der Waals surface area contributed by atoms with Crippen LogP contribution in [0.5, 0.6) is 0 Å². The summed E-state index contributed by atoms with van der Waals surface area (Å²) in [5.74, 6) is 0. The summed E-state index contributed by atoms with van der Waals surface area (Å²) in [5.41, 5.74) is 44.8. The molecule has 20 rings (SSSR count). The smallest absolute Gasteiger partial charge is 0.252 e. The first-order valence-corrected chi connectivity index (χ1v) is 41.2. The van der Waals surface area contributed by atoms with E-state index in [1.165, 1.54) is 206 Å². The first kappa shape index (κ1) is 70.8. The van der Waals surface area contributed by atoms with E-state index in [2.05, 4.69) is 420 Å². The Hall–Kier alpha value is -11.3. The molecule has 0 atom stereocenters. The normalized spacial score (nSPS) is 14.9. The van der Waals surface area contributed by atoms with Gasteiger partial charge in [0, 0.05) is 33.9 Å². The molecule has 0 saturated carbocycles. The van der Waals surface area contributed by atoms with Gasteiger partial charge in [0.15, 0.2) is 0 Å². The van der Waals surface area contributed by atoms with E-state index in [4.69, 9.17) is 0 Å². The molecule has 6 aliphatic rings. The number of nitrogens with zero attached hydrogens (tertiary/aromatic N) is 2. The molecular weight excluding hydrogens is 1360 g/mol. The molecule has 2 aliphatic heterocycles. The monoisotopic (exact) mass is 1460 g/mol. The van der Waals surface area contributed by atoms with Crippen molar-refractivity contribution >= 4 is 57.2 Å². The Morgan fingerprint density at radius 2 is 0.434 bits per heavy atom. The lowest BCUT2D eigenvalue weighted by atomic mass is 9.33. The van der Waals surface area contributed by atoms with Crippen LogP contribution in [0.3, 0.4) is 0 Å². The molecule has 0 amide bonds. The van der Waals surface area contributed by atoms with E-state index < -0.39 is 10.8 Å². The van der Waals surface area contributed by atoms with Gasteiger partial charge in [0.1, 0.15) is 0 Å². The van der Waals surface area contributed by atoms with Crippen LogP contribution >= 0.6 is 0 Å². The van der Waals surface area contributed by atoms with Crippen molar-refractivity contribution in [3.63, 3.8) is 0 Å². The summed E-state index contributed by atoms with van der Waals surface area (Å²) in [6.45, 7) is 42.6. The highest BCUT2D eigenvalue weighted by molar-refractivity contribution is 7.00. The van der Waals surface area contributed by atoms with E-state index in [1.807, 2.05) is 0 Å². The zero-order chi connectivity index (χ0) is 78.3. The van der Waals surface area contributed by atoms with Crippen molar-refractivity contribution in [2.45, 2.75) is 168 Å². The summed E-state index contributed by atoms with van der Waals surface area (Å²) in [4.78, 5) is 5.62. The molecule has 0 bridgehead atoms. The minimum absolute atomic E-state index is 0.105. The largest absolute Gasteiger partial charge is 0.311 e. The number of anilines is 6. The number of benzene rings is 14. The SMILES string of the molecule is CC(C)(C)c1cc(-c2ccc3c(c2)N(c2cccc4c2C2(c5ccccc5-c5ccccc52)c2ccccc2-4)c2cc(-c4cc(C(C)(C)C)cc(C(C)(C)C)c4)cc4c2B3c2ccc(-c3cc(C(C)(C)C)cc(C(C)(C)C)c3)cc2N4c2cccc3c2C2(c4ccccc4-c4ccccc42)c2ccccc2-3)cc(C(C)(C)C)c1. The lowest BCUT2D eigenvalue weighted by Crippen LogP contribution is -2.61. The first-order chi connectivity index (χ1) is 53.8. The minimum atomic E-state index is -0.679. The standard InChI is InChI=1S/C110H101BN2/c1-103(2,3)72-53-68(54-73(63-72)104(4,5)6)66-49-51-92-96(59-66)112(94-47-31-39-84-82-37-23-29-45-90(82)109(100(84)94)86-41-25-19-33-78(86)79-34-20-26-42-87(79)109)98-61-71(70-57-76(107(13,14)15)65-77(58-70)108(16,17)18)62-99-102(98)111(92)93-52-50-67(69-55-74(105(7,8)9)64-75(56-69)106(10,11)12)60-97(93)113(99)95-48-32-40-85-83-38-24-30-46-91(83)110(101(85)95)88-43-27-21-35-80(88)81-36-22-28-44-89(81)110/h19-65H,1-18H3. The Bertz CT molecular complexity index is 5830. The third-order valence-corrected chi connectivity index (χ3v) is 26.5. The predicted molar refractivity (Wildman–Crippen MR) is 482 cm³/mol. The zero-order valence-corrected chi connectivity index (χ0v) is 69.1. The number of rotatable bonds is 5. The zero-order valence-electron chi connectivity index (χ0n) is 69.1. The molecule has 2 nitrogen and oxygen atoms in total. The molecule has 0 radical (unpaired) electrons. The summed E-state index contributed by atoms with van der Waals surface area (Å²) in [6.07, 6.45) is 0. The molecule has 0 saturated heterocycles. The van der Waals surface area contributed by atoms with Crippen molar-refractivity contribution in [1.82, 2.24) is 0 Å². The fourth-order valence-corrected chi connectivity index (χ4v) is 20.7. The van der Waals surface area contributed by atoms with Gasteiger partial charge in [-0.3, -0.25) is 0 Å². The van der Waals surface area contributed by atoms with Crippen molar-refractivity contribution in [2.24, 2.45) is 0 Å². The second-order valence-electron chi connectivity index (χ2n) is 39.6. The van der Waals surface area contributed by atoms with Crippen LogP contribution in [0, 0.1) is 0 Å². The van der Waals surface area contributed by atoms with Crippen LogP contribution in [0.4, 0.5) is 34.1 Å². The maximum absolute atomic E-state index is 2.81. The van der Waals surface area contributed by atoms with Gasteiger partial charge in [0.2, 0.25) is 0 Å². The van der Waals surface area contributed by atoms with Gasteiger partial charge in [0.25, 0.3) is 6.71 Å². The van der Waals surface area contributed by atoms with Gasteiger partial charge in [-0.1, -0.05) is 373 Å². The molecule has 2 spiro atoms. The summed E-state index contributed by atoms with van der Waals surface area (Å²) >= 11 is 0. The van der Waals surface area contributed by atoms with Crippen molar-refractivity contribution < 1.29 is 0 Å². The van der Waals surface area contributed by atoms with Gasteiger partial charge < -0.3 is 9.80 Å². The quantitative estimate of drug-likeness (QED) is 0.159.